The van der Waals surface area contributed by atoms with Gasteiger partial charge in [0.2, 0.25) is 0 Å². The third kappa shape index (κ3) is 5.34. The van der Waals surface area contributed by atoms with E-state index in [9.17, 15) is 19.7 Å². The van der Waals surface area contributed by atoms with E-state index < -0.39 is 23.4 Å². The number of aryl methyl sites for hydroxylation is 1. The Labute approximate surface area is 175 Å². The molecule has 158 valence electrons. The fourth-order valence-corrected chi connectivity index (χ4v) is 3.42. The number of esters is 1. The zero-order chi connectivity index (χ0) is 21.7. The monoisotopic (exact) mass is 411 g/mol. The van der Waals surface area contributed by atoms with Gasteiger partial charge in [0.25, 0.3) is 11.6 Å². The van der Waals surface area contributed by atoms with Crippen LogP contribution < -0.4 is 10.2 Å². The highest BCUT2D eigenvalue weighted by atomic mass is 16.6. The average molecular weight is 411 g/mol. The van der Waals surface area contributed by atoms with Gasteiger partial charge in [-0.1, -0.05) is 6.92 Å². The molecule has 1 heterocycles. The largest absolute Gasteiger partial charge is 0.452 e. The zero-order valence-electron chi connectivity index (χ0n) is 17.1. The number of benzene rings is 2. The highest BCUT2D eigenvalue weighted by Gasteiger charge is 2.17. The first-order valence-corrected chi connectivity index (χ1v) is 9.90. The van der Waals surface area contributed by atoms with Crippen molar-refractivity contribution < 1.29 is 19.2 Å². The molecule has 2 aromatic carbocycles. The summed E-state index contributed by atoms with van der Waals surface area (Å²) in [5.41, 5.74) is 2.18. The highest BCUT2D eigenvalue weighted by molar-refractivity contribution is 5.95. The number of rotatable bonds is 6. The second-order valence-electron chi connectivity index (χ2n) is 7.60. The molecule has 8 nitrogen and oxygen atoms in total. The van der Waals surface area contributed by atoms with Gasteiger partial charge in [0.05, 0.1) is 10.5 Å². The maximum absolute atomic E-state index is 12.1. The van der Waals surface area contributed by atoms with E-state index >= 15 is 0 Å². The molecule has 3 rings (SSSR count). The van der Waals surface area contributed by atoms with Crippen LogP contribution in [0.3, 0.4) is 0 Å². The number of hydrogen-bond acceptors (Lipinski definition) is 6. The summed E-state index contributed by atoms with van der Waals surface area (Å²) in [5.74, 6) is -0.406. The van der Waals surface area contributed by atoms with E-state index in [1.165, 1.54) is 38.0 Å². The number of amides is 1. The van der Waals surface area contributed by atoms with Gasteiger partial charge in [-0.2, -0.15) is 0 Å². The van der Waals surface area contributed by atoms with E-state index in [2.05, 4.69) is 17.1 Å². The van der Waals surface area contributed by atoms with Crippen molar-refractivity contribution in [1.82, 2.24) is 0 Å². The summed E-state index contributed by atoms with van der Waals surface area (Å²) < 4.78 is 5.02. The molecule has 2 aromatic rings. The number of carbonyl (C=O) groups is 2. The summed E-state index contributed by atoms with van der Waals surface area (Å²) in [6.45, 7) is 5.43. The summed E-state index contributed by atoms with van der Waals surface area (Å²) in [6.07, 6.45) is 2.36. The van der Waals surface area contributed by atoms with Crippen molar-refractivity contribution in [2.45, 2.75) is 26.7 Å². The molecule has 0 bridgehead atoms. The fourth-order valence-electron chi connectivity index (χ4n) is 3.42. The molecule has 1 N–H and O–H groups in total. The van der Waals surface area contributed by atoms with Gasteiger partial charge < -0.3 is 15.0 Å². The smallest absolute Gasteiger partial charge is 0.338 e. The Hall–Kier alpha value is -3.42. The first-order valence-electron chi connectivity index (χ1n) is 9.90. The maximum atomic E-state index is 12.1. The summed E-state index contributed by atoms with van der Waals surface area (Å²) in [4.78, 5) is 36.9. The van der Waals surface area contributed by atoms with Crippen molar-refractivity contribution in [3.8, 4) is 0 Å². The van der Waals surface area contributed by atoms with Crippen molar-refractivity contribution in [1.29, 1.82) is 0 Å². The highest BCUT2D eigenvalue weighted by Crippen LogP contribution is 2.24. The second-order valence-corrected chi connectivity index (χ2v) is 7.60. The van der Waals surface area contributed by atoms with Gasteiger partial charge in [-0.05, 0) is 62.1 Å². The second kappa shape index (κ2) is 9.39. The Bertz CT molecular complexity index is 934. The standard InChI is InChI=1S/C22H25N3O5/c1-15-9-11-24(12-10-15)19-6-4-18(5-7-19)23-21(26)14-30-22(27)17-3-8-20(25(28)29)16(2)13-17/h3-8,13,15H,9-12,14H2,1-2H3,(H,23,26). The van der Waals surface area contributed by atoms with Gasteiger partial charge >= 0.3 is 5.97 Å². The molecule has 0 unspecified atom stereocenters. The van der Waals surface area contributed by atoms with E-state index in [0.717, 1.165) is 24.7 Å². The number of nitro groups is 1. The molecule has 1 amide bonds. The predicted molar refractivity (Wildman–Crippen MR) is 114 cm³/mol. The molecule has 8 heteroatoms. The molecule has 0 aromatic heterocycles. The molecule has 0 radical (unpaired) electrons. The minimum absolute atomic E-state index is 0.0770. The molecule has 30 heavy (non-hydrogen) atoms. The number of anilines is 2. The number of nitro benzene ring substituents is 1. The van der Waals surface area contributed by atoms with Gasteiger partial charge in [-0.15, -0.1) is 0 Å². The van der Waals surface area contributed by atoms with Crippen LogP contribution in [0.2, 0.25) is 0 Å². The lowest BCUT2D eigenvalue weighted by Crippen LogP contribution is -2.32. The molecule has 1 saturated heterocycles. The molecule has 0 aliphatic carbocycles. The van der Waals surface area contributed by atoms with Crippen LogP contribution >= 0.6 is 0 Å². The number of piperidine rings is 1. The lowest BCUT2D eigenvalue weighted by molar-refractivity contribution is -0.385. The molecular weight excluding hydrogens is 386 g/mol. The molecule has 1 aliphatic heterocycles. The Morgan fingerprint density at radius 3 is 2.43 bits per heavy atom. The lowest BCUT2D eigenvalue weighted by atomic mass is 9.99. The third-order valence-electron chi connectivity index (χ3n) is 5.26. The van der Waals surface area contributed by atoms with Crippen molar-refractivity contribution in [3.05, 3.63) is 63.7 Å². The molecular formula is C22H25N3O5. The summed E-state index contributed by atoms with van der Waals surface area (Å²) in [5, 5.41) is 13.5. The number of ether oxygens (including phenoxy) is 1. The SMILES string of the molecule is Cc1cc(C(=O)OCC(=O)Nc2ccc(N3CCC(C)CC3)cc2)ccc1[N+](=O)[O-]. The molecule has 0 spiro atoms. The minimum Gasteiger partial charge on any atom is -0.452 e. The van der Waals surface area contributed by atoms with E-state index in [1.54, 1.807) is 0 Å². The van der Waals surface area contributed by atoms with Crippen LogP contribution in [-0.2, 0) is 9.53 Å². The van der Waals surface area contributed by atoms with Crippen LogP contribution in [0, 0.1) is 23.0 Å². The van der Waals surface area contributed by atoms with Gasteiger partial charge in [0.15, 0.2) is 6.61 Å². The fraction of sp³-hybridized carbons (Fsp3) is 0.364. The van der Waals surface area contributed by atoms with Gasteiger partial charge in [-0.25, -0.2) is 4.79 Å². The number of hydrogen-bond donors (Lipinski definition) is 1. The van der Waals surface area contributed by atoms with Gasteiger partial charge in [0, 0.05) is 36.1 Å². The third-order valence-corrected chi connectivity index (χ3v) is 5.26. The van der Waals surface area contributed by atoms with E-state index in [4.69, 9.17) is 4.74 Å². The van der Waals surface area contributed by atoms with Crippen LogP contribution in [-0.4, -0.2) is 36.5 Å². The number of nitrogens with zero attached hydrogens (tertiary/aromatic N) is 2. The Morgan fingerprint density at radius 1 is 1.17 bits per heavy atom. The normalized spacial score (nSPS) is 14.3. The van der Waals surface area contributed by atoms with E-state index in [1.807, 2.05) is 24.3 Å². The van der Waals surface area contributed by atoms with Gasteiger partial charge in [-0.3, -0.25) is 14.9 Å². The van der Waals surface area contributed by atoms with E-state index in [-0.39, 0.29) is 11.3 Å². The summed E-state index contributed by atoms with van der Waals surface area (Å²) in [7, 11) is 0. The van der Waals surface area contributed by atoms with Crippen LogP contribution in [0.1, 0.15) is 35.7 Å². The van der Waals surface area contributed by atoms with Crippen LogP contribution in [0.5, 0.6) is 0 Å². The summed E-state index contributed by atoms with van der Waals surface area (Å²) in [6, 6.07) is 11.5. The Morgan fingerprint density at radius 2 is 1.83 bits per heavy atom. The van der Waals surface area contributed by atoms with Crippen molar-refractivity contribution in [2.24, 2.45) is 5.92 Å². The Balaban J connectivity index is 1.50. The average Bonchev–Trinajstić information content (AvgIpc) is 2.73. The predicted octanol–water partition coefficient (Wildman–Crippen LogP) is 3.94. The topological polar surface area (TPSA) is 102 Å². The maximum Gasteiger partial charge on any atom is 0.338 e. The lowest BCUT2D eigenvalue weighted by Gasteiger charge is -2.32. The number of carbonyl (C=O) groups excluding carboxylic acids is 2. The quantitative estimate of drug-likeness (QED) is 0.439. The van der Waals surface area contributed by atoms with Crippen LogP contribution in [0.15, 0.2) is 42.5 Å². The van der Waals surface area contributed by atoms with Crippen LogP contribution in [0.4, 0.5) is 17.1 Å². The zero-order valence-corrected chi connectivity index (χ0v) is 17.1. The molecule has 0 atom stereocenters. The van der Waals surface area contributed by atoms with Crippen LogP contribution in [0.25, 0.3) is 0 Å². The van der Waals surface area contributed by atoms with Crippen molar-refractivity contribution >= 4 is 28.9 Å². The van der Waals surface area contributed by atoms with Crippen molar-refractivity contribution in [3.63, 3.8) is 0 Å². The van der Waals surface area contributed by atoms with E-state index in [0.29, 0.717) is 11.3 Å². The van der Waals surface area contributed by atoms with Crippen molar-refractivity contribution in [2.75, 3.05) is 29.9 Å². The molecule has 1 fully saturated rings. The first-order chi connectivity index (χ1) is 14.3. The summed E-state index contributed by atoms with van der Waals surface area (Å²) >= 11 is 0. The van der Waals surface area contributed by atoms with Gasteiger partial charge in [0.1, 0.15) is 0 Å². The number of nitrogens with one attached hydrogen (secondary N) is 1. The molecule has 1 aliphatic rings. The first kappa shape index (κ1) is 21.3. The minimum atomic E-state index is -0.710. The Kier molecular flexibility index (Phi) is 6.66. The molecule has 0 saturated carbocycles.